The van der Waals surface area contributed by atoms with Gasteiger partial charge in [0.15, 0.2) is 11.6 Å². The minimum absolute atomic E-state index is 0.0204. The summed E-state index contributed by atoms with van der Waals surface area (Å²) in [5.41, 5.74) is 2.20. The van der Waals surface area contributed by atoms with E-state index in [4.69, 9.17) is 56.8 Å². The van der Waals surface area contributed by atoms with Gasteiger partial charge in [-0.2, -0.15) is 0 Å². The minimum Gasteiger partial charge on any atom is -0.459 e. The highest BCUT2D eigenvalue weighted by atomic mass is 16.8. The van der Waals surface area contributed by atoms with E-state index in [1.165, 1.54) is 0 Å². The Kier molecular flexibility index (Phi) is 9.64. The Bertz CT molecular complexity index is 1600. The lowest BCUT2D eigenvalue weighted by Crippen LogP contribution is -2.64. The summed E-state index contributed by atoms with van der Waals surface area (Å²) >= 11 is 0. The highest BCUT2D eigenvalue weighted by Gasteiger charge is 2.69. The third kappa shape index (κ3) is 6.81. The number of carbonyl (C=O) groups excluding carboxylic acids is 1. The Morgan fingerprint density at radius 1 is 0.579 bits per heavy atom. The Morgan fingerprint density at radius 2 is 1.32 bits per heavy atom. The zero-order valence-electron chi connectivity index (χ0n) is 34.0. The van der Waals surface area contributed by atoms with Crippen LogP contribution in [0.5, 0.6) is 0 Å². The van der Waals surface area contributed by atoms with E-state index in [1.54, 1.807) is 0 Å². The van der Waals surface area contributed by atoms with Gasteiger partial charge in [-0.05, 0) is 75.9 Å². The molecule has 13 nitrogen and oxygen atoms in total. The molecule has 0 aromatic rings. The van der Waals surface area contributed by atoms with Crippen molar-refractivity contribution in [3.8, 4) is 0 Å². The van der Waals surface area contributed by atoms with Crippen LogP contribution in [-0.2, 0) is 61.6 Å². The molecule has 0 aliphatic carbocycles. The van der Waals surface area contributed by atoms with Gasteiger partial charge in [0.1, 0.15) is 42.7 Å². The molecule has 1 spiro atoms. The van der Waals surface area contributed by atoms with Crippen LogP contribution in [0.1, 0.15) is 105 Å². The van der Waals surface area contributed by atoms with Gasteiger partial charge in [-0.25, -0.2) is 0 Å². The maximum absolute atomic E-state index is 14.1. The van der Waals surface area contributed by atoms with Gasteiger partial charge in [-0.3, -0.25) is 4.79 Å². The highest BCUT2D eigenvalue weighted by molar-refractivity contribution is 5.70. The van der Waals surface area contributed by atoms with Crippen molar-refractivity contribution in [1.29, 1.82) is 0 Å². The molecule has 0 aromatic carbocycles. The second-order valence-corrected chi connectivity index (χ2v) is 19.8. The molecule has 0 aromatic heterocycles. The van der Waals surface area contributed by atoms with E-state index >= 15 is 0 Å². The van der Waals surface area contributed by atoms with E-state index in [2.05, 4.69) is 27.0 Å². The normalized spacial score (nSPS) is 55.5. The maximum Gasteiger partial charge on any atom is 0.308 e. The van der Waals surface area contributed by atoms with E-state index in [0.717, 1.165) is 49.7 Å². The summed E-state index contributed by atoms with van der Waals surface area (Å²) in [6.45, 7) is 17.7. The number of fused-ring (bicyclic) bond motifs is 8. The summed E-state index contributed by atoms with van der Waals surface area (Å²) < 4.78 is 80.1. The van der Waals surface area contributed by atoms with Crippen LogP contribution in [0.4, 0.5) is 0 Å². The second kappa shape index (κ2) is 14.3. The molecule has 12 aliphatic heterocycles. The van der Waals surface area contributed by atoms with E-state index in [-0.39, 0.29) is 122 Å². The SMILES string of the molecule is C=C1C[C@@H]2CC[C@@]34C[C@H]5OC6C(O3)[C@H]3O[C@H](CC[C@@H]3O[C@H]6C5O4)CC(=O)O[C@@H]3[C@@H](C)[C@@H]4O[C@@H]5COC(C)(C)O[C@@H]5C[C@@H]4O[C@H]3C[C@H]3O[C@@H](CC[C@@H]1O2)C[C@@H](C)C3=C. The Hall–Kier alpha value is -1.49. The second-order valence-electron chi connectivity index (χ2n) is 19.8. The van der Waals surface area contributed by atoms with Crippen LogP contribution in [0.3, 0.4) is 0 Å². The van der Waals surface area contributed by atoms with Gasteiger partial charge < -0.3 is 56.8 Å². The molecule has 0 amide bonds. The average molecular weight is 799 g/mol. The van der Waals surface area contributed by atoms with Crippen molar-refractivity contribution in [3.05, 3.63) is 24.3 Å². The van der Waals surface area contributed by atoms with E-state index in [0.29, 0.717) is 38.7 Å². The monoisotopic (exact) mass is 798 g/mol. The zero-order chi connectivity index (χ0) is 39.0. The Balaban J connectivity index is 0.879. The molecular weight excluding hydrogens is 736 g/mol. The number of hydrogen-bond donors (Lipinski definition) is 0. The van der Waals surface area contributed by atoms with Crippen LogP contribution in [-0.4, -0.2) is 134 Å². The summed E-state index contributed by atoms with van der Waals surface area (Å²) in [6.07, 6.45) is 4.24. The molecule has 12 saturated heterocycles. The quantitative estimate of drug-likeness (QED) is 0.241. The van der Waals surface area contributed by atoms with Crippen LogP contribution in [0.25, 0.3) is 0 Å². The predicted molar refractivity (Wildman–Crippen MR) is 200 cm³/mol. The molecule has 3 unspecified atom stereocenters. The van der Waals surface area contributed by atoms with Gasteiger partial charge >= 0.3 is 5.97 Å². The Labute approximate surface area is 336 Å². The summed E-state index contributed by atoms with van der Waals surface area (Å²) in [6, 6.07) is 0. The molecule has 12 fully saturated rings. The summed E-state index contributed by atoms with van der Waals surface area (Å²) in [7, 11) is 0. The van der Waals surface area contributed by atoms with Gasteiger partial charge in [-0.15, -0.1) is 0 Å². The van der Waals surface area contributed by atoms with E-state index in [1.807, 2.05) is 13.8 Å². The van der Waals surface area contributed by atoms with E-state index < -0.39 is 23.8 Å². The summed E-state index contributed by atoms with van der Waals surface area (Å²) in [5, 5.41) is 0. The van der Waals surface area contributed by atoms with Crippen molar-refractivity contribution in [3.63, 3.8) is 0 Å². The molecule has 0 radical (unpaired) electrons. The third-order valence-corrected chi connectivity index (χ3v) is 15.4. The van der Waals surface area contributed by atoms with Crippen molar-refractivity contribution in [2.24, 2.45) is 11.8 Å². The maximum atomic E-state index is 14.1. The molecule has 13 heteroatoms. The van der Waals surface area contributed by atoms with Gasteiger partial charge in [0.25, 0.3) is 0 Å². The lowest BCUT2D eigenvalue weighted by atomic mass is 9.79. The fraction of sp³-hybridized carbons (Fsp3) is 0.886. The first kappa shape index (κ1) is 38.4. The number of ether oxygens (including phenoxy) is 12. The predicted octanol–water partition coefficient (Wildman–Crippen LogP) is 4.99. The first-order valence-electron chi connectivity index (χ1n) is 22.2. The topological polar surface area (TPSA) is 128 Å². The van der Waals surface area contributed by atoms with E-state index in [9.17, 15) is 4.79 Å². The largest absolute Gasteiger partial charge is 0.459 e. The molecular formula is C44H62O13. The first-order valence-corrected chi connectivity index (χ1v) is 22.2. The van der Waals surface area contributed by atoms with Crippen LogP contribution in [0.15, 0.2) is 24.3 Å². The molecule has 316 valence electrons. The van der Waals surface area contributed by atoms with Gasteiger partial charge in [-0.1, -0.05) is 27.0 Å². The summed E-state index contributed by atoms with van der Waals surface area (Å²) in [5.74, 6) is -1.69. The van der Waals surface area contributed by atoms with Gasteiger partial charge in [0.2, 0.25) is 0 Å². The van der Waals surface area contributed by atoms with Crippen LogP contribution in [0.2, 0.25) is 0 Å². The van der Waals surface area contributed by atoms with Crippen molar-refractivity contribution >= 4 is 5.97 Å². The number of hydrogen-bond acceptors (Lipinski definition) is 13. The first-order chi connectivity index (χ1) is 27.4. The van der Waals surface area contributed by atoms with Crippen molar-refractivity contribution < 1.29 is 61.6 Å². The summed E-state index contributed by atoms with van der Waals surface area (Å²) in [4.78, 5) is 14.1. The van der Waals surface area contributed by atoms with Crippen LogP contribution < -0.4 is 0 Å². The van der Waals surface area contributed by atoms with Crippen molar-refractivity contribution in [2.45, 2.75) is 226 Å². The number of carbonyl (C=O) groups is 1. The van der Waals surface area contributed by atoms with Crippen LogP contribution >= 0.6 is 0 Å². The fourth-order valence-electron chi connectivity index (χ4n) is 12.5. The lowest BCUT2D eigenvalue weighted by molar-refractivity contribution is -0.356. The molecule has 12 heterocycles. The molecule has 0 saturated carbocycles. The zero-order valence-corrected chi connectivity index (χ0v) is 34.0. The average Bonchev–Trinajstić information content (AvgIpc) is 3.75. The number of rotatable bonds is 0. The fourth-order valence-corrected chi connectivity index (χ4v) is 12.5. The van der Waals surface area contributed by atoms with Gasteiger partial charge in [0, 0.05) is 31.6 Å². The van der Waals surface area contributed by atoms with Crippen LogP contribution in [0, 0.1) is 11.8 Å². The smallest absolute Gasteiger partial charge is 0.308 e. The highest BCUT2D eigenvalue weighted by Crippen LogP contribution is 2.54. The Morgan fingerprint density at radius 3 is 2.19 bits per heavy atom. The van der Waals surface area contributed by atoms with Gasteiger partial charge in [0.05, 0.1) is 80.2 Å². The molecule has 0 N–H and O–H groups in total. The standard InChI is InChI=1S/C44H62O13/c1-20-13-24-7-9-27-21(2)14-26(47-27)11-12-44-18-33-39(56-44)40-41(52-33)42(57-44)38-28(51-40)10-8-25(49-38)15-35(45)54-37-23(4)36-32(50-31(37)16-29(48-24)22(20)3)17-30-34(53-36)19-46-43(5,6)55-30/h20,23-34,36-42H,2-3,7-19H2,1,4-6H3/t20-,23+,24+,25-,26+,27+,28+,29-,30-,31+,32+,33-,34-,36+,37-,38+,39?,40+,41?,42?,44+/m1/s1. The van der Waals surface area contributed by atoms with Crippen molar-refractivity contribution in [1.82, 2.24) is 0 Å². The molecule has 12 rings (SSSR count). The lowest BCUT2D eigenvalue weighted by Gasteiger charge is -2.53. The third-order valence-electron chi connectivity index (χ3n) is 15.4. The number of esters is 1. The van der Waals surface area contributed by atoms with Crippen molar-refractivity contribution in [2.75, 3.05) is 6.61 Å². The molecule has 12 aliphatic rings. The molecule has 21 atom stereocenters. The molecule has 12 bridgehead atoms. The minimum atomic E-state index is -0.794. The molecule has 57 heavy (non-hydrogen) atoms.